The molecule has 0 aliphatic rings. The van der Waals surface area contributed by atoms with Crippen molar-refractivity contribution in [2.75, 3.05) is 5.73 Å². The Kier molecular flexibility index (Phi) is 3.40. The average molecular weight is 230 g/mol. The van der Waals surface area contributed by atoms with Crippen LogP contribution < -0.4 is 11.1 Å². The van der Waals surface area contributed by atoms with Gasteiger partial charge in [-0.2, -0.15) is 5.10 Å². The lowest BCUT2D eigenvalue weighted by Gasteiger charge is -2.04. The van der Waals surface area contributed by atoms with Crippen molar-refractivity contribution in [2.24, 2.45) is 0 Å². The number of carbonyl (C=O) groups is 1. The number of amides is 1. The summed E-state index contributed by atoms with van der Waals surface area (Å²) in [6.07, 6.45) is 1.98. The van der Waals surface area contributed by atoms with E-state index in [2.05, 4.69) is 15.5 Å². The van der Waals surface area contributed by atoms with Crippen LogP contribution >= 0.6 is 0 Å². The third-order valence-corrected chi connectivity index (χ3v) is 2.43. The fourth-order valence-corrected chi connectivity index (χ4v) is 1.50. The Morgan fingerprint density at radius 1 is 1.35 bits per heavy atom. The summed E-state index contributed by atoms with van der Waals surface area (Å²) in [5.74, 6) is 0.460. The molecule has 0 radical (unpaired) electrons. The van der Waals surface area contributed by atoms with E-state index in [0.717, 1.165) is 11.1 Å². The second-order valence-electron chi connectivity index (χ2n) is 3.75. The molecule has 2 rings (SSSR count). The molecule has 0 saturated heterocycles. The van der Waals surface area contributed by atoms with Crippen molar-refractivity contribution in [2.45, 2.75) is 13.0 Å². The summed E-state index contributed by atoms with van der Waals surface area (Å²) in [7, 11) is 0. The number of nitrogens with one attached hydrogen (secondary N) is 2. The van der Waals surface area contributed by atoms with E-state index in [4.69, 9.17) is 5.73 Å². The topological polar surface area (TPSA) is 83.8 Å². The molecular formula is C12H14N4O. The molecule has 1 amide bonds. The SMILES string of the molecule is Nc1[nH]ncc1CNC(=O)Cc1ccccc1. The number of hydrogen-bond acceptors (Lipinski definition) is 3. The van der Waals surface area contributed by atoms with Crippen LogP contribution in [0, 0.1) is 0 Å². The molecule has 1 aromatic carbocycles. The van der Waals surface area contributed by atoms with E-state index in [1.165, 1.54) is 0 Å². The maximum absolute atomic E-state index is 11.6. The second kappa shape index (κ2) is 5.16. The van der Waals surface area contributed by atoms with Gasteiger partial charge in [0.1, 0.15) is 5.82 Å². The van der Waals surface area contributed by atoms with Crippen LogP contribution in [0.4, 0.5) is 5.82 Å². The number of anilines is 1. The molecule has 88 valence electrons. The zero-order valence-electron chi connectivity index (χ0n) is 9.31. The van der Waals surface area contributed by atoms with Crippen molar-refractivity contribution >= 4 is 11.7 Å². The Labute approximate surface area is 99.0 Å². The van der Waals surface area contributed by atoms with E-state index in [9.17, 15) is 4.79 Å². The summed E-state index contributed by atoms with van der Waals surface area (Å²) in [5, 5.41) is 9.20. The van der Waals surface area contributed by atoms with E-state index in [1.807, 2.05) is 30.3 Å². The maximum Gasteiger partial charge on any atom is 0.224 e. The predicted octanol–water partition coefficient (Wildman–Crippen LogP) is 0.851. The third-order valence-electron chi connectivity index (χ3n) is 2.43. The highest BCUT2D eigenvalue weighted by Crippen LogP contribution is 2.05. The first-order chi connectivity index (χ1) is 8.25. The summed E-state index contributed by atoms with van der Waals surface area (Å²) in [5.41, 5.74) is 7.40. The van der Waals surface area contributed by atoms with Crippen LogP contribution in [0.2, 0.25) is 0 Å². The van der Waals surface area contributed by atoms with Gasteiger partial charge in [-0.3, -0.25) is 9.89 Å². The number of carbonyl (C=O) groups excluding carboxylic acids is 1. The van der Waals surface area contributed by atoms with Gasteiger partial charge in [0, 0.05) is 12.1 Å². The molecule has 0 aliphatic carbocycles. The number of aromatic amines is 1. The molecule has 0 atom stereocenters. The van der Waals surface area contributed by atoms with Crippen molar-refractivity contribution in [1.82, 2.24) is 15.5 Å². The summed E-state index contributed by atoms with van der Waals surface area (Å²) in [6, 6.07) is 9.60. The summed E-state index contributed by atoms with van der Waals surface area (Å²) in [6.45, 7) is 0.397. The highest BCUT2D eigenvalue weighted by molar-refractivity contribution is 5.78. The number of aromatic nitrogens is 2. The Morgan fingerprint density at radius 3 is 2.76 bits per heavy atom. The van der Waals surface area contributed by atoms with Crippen LogP contribution in [0.1, 0.15) is 11.1 Å². The fraction of sp³-hybridized carbons (Fsp3) is 0.167. The molecular weight excluding hydrogens is 216 g/mol. The van der Waals surface area contributed by atoms with Gasteiger partial charge in [-0.25, -0.2) is 0 Å². The minimum atomic E-state index is -0.0307. The number of nitrogens with two attached hydrogens (primary N) is 1. The van der Waals surface area contributed by atoms with Crippen LogP contribution in [0.15, 0.2) is 36.5 Å². The molecule has 0 spiro atoms. The monoisotopic (exact) mass is 230 g/mol. The van der Waals surface area contributed by atoms with E-state index < -0.39 is 0 Å². The van der Waals surface area contributed by atoms with Gasteiger partial charge < -0.3 is 11.1 Å². The Morgan fingerprint density at radius 2 is 2.12 bits per heavy atom. The highest BCUT2D eigenvalue weighted by atomic mass is 16.1. The molecule has 5 nitrogen and oxygen atoms in total. The van der Waals surface area contributed by atoms with Crippen LogP contribution in [0.5, 0.6) is 0 Å². The lowest BCUT2D eigenvalue weighted by molar-refractivity contribution is -0.120. The first-order valence-corrected chi connectivity index (χ1v) is 5.34. The van der Waals surface area contributed by atoms with Crippen LogP contribution in [0.25, 0.3) is 0 Å². The average Bonchev–Trinajstić information content (AvgIpc) is 2.74. The lowest BCUT2D eigenvalue weighted by atomic mass is 10.1. The van der Waals surface area contributed by atoms with Crippen LogP contribution in [-0.4, -0.2) is 16.1 Å². The first kappa shape index (κ1) is 11.2. The van der Waals surface area contributed by atoms with E-state index in [-0.39, 0.29) is 5.91 Å². The number of rotatable bonds is 4. The fourth-order valence-electron chi connectivity index (χ4n) is 1.50. The summed E-state index contributed by atoms with van der Waals surface area (Å²) in [4.78, 5) is 11.6. The number of hydrogen-bond donors (Lipinski definition) is 3. The van der Waals surface area contributed by atoms with Crippen LogP contribution in [0.3, 0.4) is 0 Å². The quantitative estimate of drug-likeness (QED) is 0.728. The molecule has 0 fully saturated rings. The van der Waals surface area contributed by atoms with Gasteiger partial charge >= 0.3 is 0 Å². The van der Waals surface area contributed by atoms with Crippen molar-refractivity contribution in [3.05, 3.63) is 47.7 Å². The molecule has 0 bridgehead atoms. The standard InChI is InChI=1S/C12H14N4O/c13-12-10(8-15-16-12)7-14-11(17)6-9-4-2-1-3-5-9/h1-5,8H,6-7H2,(H,14,17)(H3,13,15,16). The minimum absolute atomic E-state index is 0.0307. The molecule has 0 unspecified atom stereocenters. The number of benzene rings is 1. The van der Waals surface area contributed by atoms with E-state index >= 15 is 0 Å². The summed E-state index contributed by atoms with van der Waals surface area (Å²) >= 11 is 0. The molecule has 0 saturated carbocycles. The first-order valence-electron chi connectivity index (χ1n) is 5.34. The Balaban J connectivity index is 1.84. The van der Waals surface area contributed by atoms with Gasteiger partial charge in [-0.1, -0.05) is 30.3 Å². The predicted molar refractivity (Wildman–Crippen MR) is 65.0 cm³/mol. The number of H-pyrrole nitrogens is 1. The lowest BCUT2D eigenvalue weighted by Crippen LogP contribution is -2.24. The summed E-state index contributed by atoms with van der Waals surface area (Å²) < 4.78 is 0. The van der Waals surface area contributed by atoms with Gasteiger partial charge in [0.15, 0.2) is 0 Å². The van der Waals surface area contributed by atoms with Crippen molar-refractivity contribution in [3.63, 3.8) is 0 Å². The second-order valence-corrected chi connectivity index (χ2v) is 3.75. The largest absolute Gasteiger partial charge is 0.384 e. The normalized spacial score (nSPS) is 10.1. The van der Waals surface area contributed by atoms with E-state index in [0.29, 0.717) is 18.8 Å². The molecule has 1 heterocycles. The van der Waals surface area contributed by atoms with Crippen molar-refractivity contribution in [3.8, 4) is 0 Å². The molecule has 0 aliphatic heterocycles. The molecule has 17 heavy (non-hydrogen) atoms. The van der Waals surface area contributed by atoms with Gasteiger partial charge in [0.05, 0.1) is 12.6 Å². The third kappa shape index (κ3) is 3.07. The van der Waals surface area contributed by atoms with Crippen molar-refractivity contribution < 1.29 is 4.79 Å². The van der Waals surface area contributed by atoms with Gasteiger partial charge in [-0.15, -0.1) is 0 Å². The minimum Gasteiger partial charge on any atom is -0.384 e. The molecule has 5 heteroatoms. The Bertz CT molecular complexity index is 492. The Hall–Kier alpha value is -2.30. The van der Waals surface area contributed by atoms with Gasteiger partial charge in [0.2, 0.25) is 5.91 Å². The maximum atomic E-state index is 11.6. The molecule has 2 aromatic rings. The molecule has 4 N–H and O–H groups in total. The highest BCUT2D eigenvalue weighted by Gasteiger charge is 2.05. The number of nitrogens with zero attached hydrogens (tertiary/aromatic N) is 1. The number of nitrogen functional groups attached to an aromatic ring is 1. The zero-order chi connectivity index (χ0) is 12.1. The van der Waals surface area contributed by atoms with Crippen molar-refractivity contribution in [1.29, 1.82) is 0 Å². The van der Waals surface area contributed by atoms with E-state index in [1.54, 1.807) is 6.20 Å². The van der Waals surface area contributed by atoms with Gasteiger partial charge in [-0.05, 0) is 5.56 Å². The zero-order valence-corrected chi connectivity index (χ0v) is 9.31. The van der Waals surface area contributed by atoms with Gasteiger partial charge in [0.25, 0.3) is 0 Å². The molecule has 1 aromatic heterocycles. The smallest absolute Gasteiger partial charge is 0.224 e. The van der Waals surface area contributed by atoms with Crippen LogP contribution in [-0.2, 0) is 17.8 Å².